The van der Waals surface area contributed by atoms with Crippen LogP contribution < -0.4 is 5.32 Å². The molecule has 1 N–H and O–H groups in total. The summed E-state index contributed by atoms with van der Waals surface area (Å²) in [7, 11) is 1.81. The van der Waals surface area contributed by atoms with Crippen molar-refractivity contribution in [3.63, 3.8) is 0 Å². The van der Waals surface area contributed by atoms with Crippen molar-refractivity contribution >= 4 is 5.69 Å². The molecule has 0 radical (unpaired) electrons. The molecule has 0 aliphatic carbocycles. The fourth-order valence-corrected chi connectivity index (χ4v) is 1.97. The highest BCUT2D eigenvalue weighted by molar-refractivity contribution is 5.73. The molecule has 3 rings (SSSR count). The third-order valence-electron chi connectivity index (χ3n) is 2.97. The lowest BCUT2D eigenvalue weighted by Crippen LogP contribution is -1.91. The molecule has 0 saturated heterocycles. The number of nitrogens with zero attached hydrogens (tertiary/aromatic N) is 2. The van der Waals surface area contributed by atoms with Crippen molar-refractivity contribution in [2.24, 2.45) is 0 Å². The molecule has 1 aromatic heterocycles. The molecule has 0 saturated carbocycles. The second kappa shape index (κ2) is 5.13. The van der Waals surface area contributed by atoms with Crippen LogP contribution in [0.3, 0.4) is 0 Å². The average Bonchev–Trinajstić information content (AvgIpc) is 2.97. The van der Waals surface area contributed by atoms with Crippen molar-refractivity contribution in [3.05, 3.63) is 54.3 Å². The fourth-order valence-electron chi connectivity index (χ4n) is 1.97. The zero-order chi connectivity index (χ0) is 13.9. The standard InChI is InChI=1S/C15H12FN3O/c1-17-13-9-5-3-7-11(13)15-18-14(19-20-15)10-6-2-4-8-12(10)16/h2-9,17H,1H3. The number of aromatic nitrogens is 2. The Balaban J connectivity index is 2.05. The maximum absolute atomic E-state index is 13.7. The average molecular weight is 269 g/mol. The molecule has 0 aliphatic rings. The predicted octanol–water partition coefficient (Wildman–Crippen LogP) is 3.58. The van der Waals surface area contributed by atoms with E-state index in [1.807, 2.05) is 31.3 Å². The van der Waals surface area contributed by atoms with Crippen molar-refractivity contribution < 1.29 is 8.91 Å². The first-order chi connectivity index (χ1) is 9.79. The van der Waals surface area contributed by atoms with E-state index in [0.29, 0.717) is 11.5 Å². The van der Waals surface area contributed by atoms with E-state index in [9.17, 15) is 4.39 Å². The Morgan fingerprint density at radius 1 is 1.00 bits per heavy atom. The van der Waals surface area contributed by atoms with Gasteiger partial charge in [-0.05, 0) is 24.3 Å². The molecule has 0 atom stereocenters. The molecule has 0 bridgehead atoms. The number of rotatable bonds is 3. The Bertz CT molecular complexity index is 739. The highest BCUT2D eigenvalue weighted by Crippen LogP contribution is 2.28. The summed E-state index contributed by atoms with van der Waals surface area (Å²) in [5, 5.41) is 6.90. The van der Waals surface area contributed by atoms with E-state index in [0.717, 1.165) is 11.3 Å². The molecule has 20 heavy (non-hydrogen) atoms. The maximum Gasteiger partial charge on any atom is 0.260 e. The minimum absolute atomic E-state index is 0.240. The van der Waals surface area contributed by atoms with Crippen molar-refractivity contribution in [2.45, 2.75) is 0 Å². The maximum atomic E-state index is 13.7. The van der Waals surface area contributed by atoms with Gasteiger partial charge >= 0.3 is 0 Å². The van der Waals surface area contributed by atoms with Gasteiger partial charge < -0.3 is 9.84 Å². The fraction of sp³-hybridized carbons (Fsp3) is 0.0667. The van der Waals surface area contributed by atoms with Crippen molar-refractivity contribution in [2.75, 3.05) is 12.4 Å². The van der Waals surface area contributed by atoms with E-state index in [1.165, 1.54) is 6.07 Å². The minimum Gasteiger partial charge on any atom is -0.387 e. The number of para-hydroxylation sites is 1. The zero-order valence-corrected chi connectivity index (χ0v) is 10.8. The second-order valence-corrected chi connectivity index (χ2v) is 4.20. The van der Waals surface area contributed by atoms with Crippen LogP contribution in [0.25, 0.3) is 22.8 Å². The molecule has 2 aromatic carbocycles. The van der Waals surface area contributed by atoms with Crippen LogP contribution in [0.5, 0.6) is 0 Å². The summed E-state index contributed by atoms with van der Waals surface area (Å²) in [5.74, 6) is 0.221. The smallest absolute Gasteiger partial charge is 0.260 e. The van der Waals surface area contributed by atoms with Gasteiger partial charge in [0.05, 0.1) is 11.1 Å². The molecule has 100 valence electrons. The van der Waals surface area contributed by atoms with E-state index < -0.39 is 0 Å². The lowest BCUT2D eigenvalue weighted by molar-refractivity contribution is 0.432. The lowest BCUT2D eigenvalue weighted by Gasteiger charge is -2.03. The normalized spacial score (nSPS) is 10.5. The minimum atomic E-state index is -0.373. The van der Waals surface area contributed by atoms with Gasteiger partial charge in [0.25, 0.3) is 5.89 Å². The second-order valence-electron chi connectivity index (χ2n) is 4.20. The first kappa shape index (κ1) is 12.3. The highest BCUT2D eigenvalue weighted by Gasteiger charge is 2.15. The van der Waals surface area contributed by atoms with E-state index >= 15 is 0 Å². The van der Waals surface area contributed by atoms with Gasteiger partial charge in [-0.1, -0.05) is 29.4 Å². The molecule has 1 heterocycles. The van der Waals surface area contributed by atoms with Crippen molar-refractivity contribution in [3.8, 4) is 22.8 Å². The van der Waals surface area contributed by atoms with E-state index in [1.54, 1.807) is 18.2 Å². The van der Waals surface area contributed by atoms with Crippen LogP contribution in [-0.4, -0.2) is 17.2 Å². The molecular formula is C15H12FN3O. The summed E-state index contributed by atoms with van der Waals surface area (Å²) in [4.78, 5) is 4.26. The van der Waals surface area contributed by atoms with Crippen molar-refractivity contribution in [1.29, 1.82) is 0 Å². The number of nitrogens with one attached hydrogen (secondary N) is 1. The van der Waals surface area contributed by atoms with Gasteiger partial charge in [0.2, 0.25) is 5.82 Å². The van der Waals surface area contributed by atoms with Crippen LogP contribution >= 0.6 is 0 Å². The summed E-state index contributed by atoms with van der Waals surface area (Å²) < 4.78 is 18.9. The topological polar surface area (TPSA) is 51.0 Å². The summed E-state index contributed by atoms with van der Waals surface area (Å²) in [6.45, 7) is 0. The number of anilines is 1. The molecule has 0 amide bonds. The van der Waals surface area contributed by atoms with Crippen LogP contribution in [0, 0.1) is 5.82 Å². The summed E-state index contributed by atoms with van der Waals surface area (Å²) >= 11 is 0. The van der Waals surface area contributed by atoms with Crippen LogP contribution in [0.15, 0.2) is 53.1 Å². The Labute approximate surface area is 115 Å². The Morgan fingerprint density at radius 2 is 1.70 bits per heavy atom. The van der Waals surface area contributed by atoms with Gasteiger partial charge in [-0.3, -0.25) is 0 Å². The lowest BCUT2D eigenvalue weighted by atomic mass is 10.1. The Morgan fingerprint density at radius 3 is 2.45 bits per heavy atom. The molecular weight excluding hydrogens is 257 g/mol. The molecule has 3 aromatic rings. The molecule has 4 nitrogen and oxygen atoms in total. The predicted molar refractivity (Wildman–Crippen MR) is 74.7 cm³/mol. The Kier molecular flexibility index (Phi) is 3.16. The molecule has 0 fully saturated rings. The number of hydrogen-bond acceptors (Lipinski definition) is 4. The third-order valence-corrected chi connectivity index (χ3v) is 2.97. The number of benzene rings is 2. The van der Waals surface area contributed by atoms with Gasteiger partial charge in [-0.25, -0.2) is 4.39 Å². The zero-order valence-electron chi connectivity index (χ0n) is 10.8. The molecule has 0 unspecified atom stereocenters. The molecule has 5 heteroatoms. The first-order valence-corrected chi connectivity index (χ1v) is 6.15. The van der Waals surface area contributed by atoms with Gasteiger partial charge in [0, 0.05) is 12.7 Å². The molecule has 0 aliphatic heterocycles. The quantitative estimate of drug-likeness (QED) is 0.789. The summed E-state index contributed by atoms with van der Waals surface area (Å²) in [6.07, 6.45) is 0. The van der Waals surface area contributed by atoms with Gasteiger partial charge in [-0.15, -0.1) is 0 Å². The summed E-state index contributed by atoms with van der Waals surface area (Å²) in [6, 6.07) is 13.9. The van der Waals surface area contributed by atoms with Gasteiger partial charge in [0.1, 0.15) is 5.82 Å². The Hall–Kier alpha value is -2.69. The van der Waals surface area contributed by atoms with Crippen molar-refractivity contribution in [1.82, 2.24) is 10.1 Å². The first-order valence-electron chi connectivity index (χ1n) is 6.15. The van der Waals surface area contributed by atoms with Gasteiger partial charge in [-0.2, -0.15) is 4.98 Å². The van der Waals surface area contributed by atoms with Crippen LogP contribution in [0.2, 0.25) is 0 Å². The van der Waals surface area contributed by atoms with Crippen LogP contribution in [-0.2, 0) is 0 Å². The van der Waals surface area contributed by atoms with E-state index in [2.05, 4.69) is 15.5 Å². The SMILES string of the molecule is CNc1ccccc1-c1nc(-c2ccccc2F)no1. The third kappa shape index (κ3) is 2.14. The van der Waals surface area contributed by atoms with Gasteiger partial charge in [0.15, 0.2) is 0 Å². The monoisotopic (exact) mass is 269 g/mol. The van der Waals surface area contributed by atoms with Crippen LogP contribution in [0.4, 0.5) is 10.1 Å². The summed E-state index contributed by atoms with van der Waals surface area (Å²) in [5.41, 5.74) is 1.98. The number of halogens is 1. The largest absolute Gasteiger partial charge is 0.387 e. The molecule has 0 spiro atoms. The van der Waals surface area contributed by atoms with Crippen LogP contribution in [0.1, 0.15) is 0 Å². The van der Waals surface area contributed by atoms with E-state index in [-0.39, 0.29) is 11.6 Å². The number of hydrogen-bond donors (Lipinski definition) is 1. The highest BCUT2D eigenvalue weighted by atomic mass is 19.1. The van der Waals surface area contributed by atoms with E-state index in [4.69, 9.17) is 4.52 Å².